The van der Waals surface area contributed by atoms with Crippen LogP contribution >= 0.6 is 15.9 Å². The molecule has 1 fully saturated rings. The summed E-state index contributed by atoms with van der Waals surface area (Å²) in [6.45, 7) is 11.9. The largest absolute Gasteiger partial charge is 0.443 e. The summed E-state index contributed by atoms with van der Waals surface area (Å²) in [6, 6.07) is 6.01. The monoisotopic (exact) mass is 555 g/mol. The highest BCUT2D eigenvalue weighted by Crippen LogP contribution is 2.37. The summed E-state index contributed by atoms with van der Waals surface area (Å²) in [5.41, 5.74) is -1.92. The van der Waals surface area contributed by atoms with Crippen LogP contribution in [0.5, 0.6) is 0 Å². The topological polar surface area (TPSA) is 115 Å². The Balaban J connectivity index is 2.08. The van der Waals surface area contributed by atoms with Crippen molar-refractivity contribution in [2.45, 2.75) is 82.9 Å². The van der Waals surface area contributed by atoms with E-state index in [1.807, 2.05) is 6.92 Å². The maximum absolute atomic E-state index is 12.9. The van der Waals surface area contributed by atoms with Crippen molar-refractivity contribution in [3.05, 3.63) is 28.7 Å². The Morgan fingerprint density at radius 2 is 1.56 bits per heavy atom. The van der Waals surface area contributed by atoms with Gasteiger partial charge in [-0.05, 0) is 85.6 Å². The fraction of sp³-hybridized carbons (Fsp3) is 0.522. The quantitative estimate of drug-likeness (QED) is 0.529. The zero-order chi connectivity index (χ0) is 25.7. The summed E-state index contributed by atoms with van der Waals surface area (Å²) in [5, 5.41) is 0.605. The molecule has 11 heteroatoms. The van der Waals surface area contributed by atoms with Crippen molar-refractivity contribution in [3.8, 4) is 0 Å². The lowest BCUT2D eigenvalue weighted by atomic mass is 10.2. The number of amides is 2. The van der Waals surface area contributed by atoms with Gasteiger partial charge in [0.2, 0.25) is 10.0 Å². The highest BCUT2D eigenvalue weighted by atomic mass is 79.9. The molecule has 0 spiro atoms. The zero-order valence-corrected chi connectivity index (χ0v) is 22.8. The number of anilines is 1. The number of hydrogen-bond donors (Lipinski definition) is 1. The van der Waals surface area contributed by atoms with Gasteiger partial charge in [-0.2, -0.15) is 4.90 Å². The number of nitrogens with one attached hydrogen (secondary N) is 1. The third-order valence-corrected chi connectivity index (χ3v) is 7.06. The SMILES string of the molecule is CC1(NS(=O)(=O)c2cc(Br)c3ccc(N(C(=O)OC(C)(C)C)C(=O)OC(C)(C)C)nc3c2)CC1. The minimum Gasteiger partial charge on any atom is -0.443 e. The maximum Gasteiger partial charge on any atom is 0.425 e. The van der Waals surface area contributed by atoms with Gasteiger partial charge in [0.05, 0.1) is 10.4 Å². The van der Waals surface area contributed by atoms with Gasteiger partial charge in [-0.15, -0.1) is 0 Å². The summed E-state index contributed by atoms with van der Waals surface area (Å²) in [7, 11) is -3.80. The van der Waals surface area contributed by atoms with Crippen LogP contribution in [0.4, 0.5) is 15.4 Å². The van der Waals surface area contributed by atoms with E-state index in [4.69, 9.17) is 9.47 Å². The second-order valence-corrected chi connectivity index (χ2v) is 13.1. The molecule has 1 aliphatic carbocycles. The predicted octanol–water partition coefficient (Wildman–Crippen LogP) is 5.50. The molecular weight excluding hydrogens is 526 g/mol. The normalized spacial score (nSPS) is 15.6. The van der Waals surface area contributed by atoms with Gasteiger partial charge < -0.3 is 9.47 Å². The Labute approximate surface area is 208 Å². The number of pyridine rings is 1. The van der Waals surface area contributed by atoms with Crippen LogP contribution in [0.1, 0.15) is 61.3 Å². The number of halogens is 1. The number of fused-ring (bicyclic) bond motifs is 1. The molecule has 0 atom stereocenters. The first kappa shape index (κ1) is 26.4. The van der Waals surface area contributed by atoms with E-state index in [9.17, 15) is 18.0 Å². The first-order valence-electron chi connectivity index (χ1n) is 10.8. The van der Waals surface area contributed by atoms with Gasteiger partial charge in [0.1, 0.15) is 17.0 Å². The lowest BCUT2D eigenvalue weighted by Crippen LogP contribution is -2.44. The predicted molar refractivity (Wildman–Crippen MR) is 132 cm³/mol. The molecule has 0 aliphatic heterocycles. The van der Waals surface area contributed by atoms with Gasteiger partial charge in [-0.3, -0.25) is 0 Å². The summed E-state index contributed by atoms with van der Waals surface area (Å²) < 4.78 is 39.8. The number of sulfonamides is 1. The molecular formula is C23H30BrN3O6S. The Morgan fingerprint density at radius 1 is 1.03 bits per heavy atom. The molecule has 1 saturated carbocycles. The van der Waals surface area contributed by atoms with E-state index in [1.165, 1.54) is 18.2 Å². The fourth-order valence-electron chi connectivity index (χ4n) is 2.98. The molecule has 0 unspecified atom stereocenters. The van der Waals surface area contributed by atoms with Crippen molar-refractivity contribution >= 4 is 54.9 Å². The highest BCUT2D eigenvalue weighted by molar-refractivity contribution is 9.10. The van der Waals surface area contributed by atoms with Crippen molar-refractivity contribution in [1.82, 2.24) is 9.71 Å². The number of imide groups is 1. The third kappa shape index (κ3) is 6.45. The van der Waals surface area contributed by atoms with Gasteiger partial charge in [0.25, 0.3) is 0 Å². The number of benzene rings is 1. The minimum absolute atomic E-state index is 0.0192. The molecule has 1 aromatic carbocycles. The third-order valence-electron chi connectivity index (χ3n) is 4.79. The van der Waals surface area contributed by atoms with Crippen molar-refractivity contribution in [1.29, 1.82) is 0 Å². The average molecular weight is 556 g/mol. The molecule has 0 bridgehead atoms. The van der Waals surface area contributed by atoms with E-state index in [2.05, 4.69) is 25.6 Å². The Morgan fingerprint density at radius 3 is 2.03 bits per heavy atom. The number of rotatable bonds is 4. The number of nitrogens with zero attached hydrogens (tertiary/aromatic N) is 2. The Bertz CT molecular complexity index is 1220. The van der Waals surface area contributed by atoms with Crippen molar-refractivity contribution in [3.63, 3.8) is 0 Å². The molecule has 186 valence electrons. The summed E-state index contributed by atoms with van der Waals surface area (Å²) >= 11 is 3.41. The standard InChI is InChI=1S/C23H30BrN3O6S/c1-21(2,3)32-19(28)27(20(29)33-22(4,5)6)18-9-8-15-16(24)12-14(13-17(15)25-18)34(30,31)26-23(7)10-11-23/h8-9,12-13,26H,10-11H2,1-7H3. The first-order chi connectivity index (χ1) is 15.4. The van der Waals surface area contributed by atoms with Gasteiger partial charge in [-0.25, -0.2) is 27.7 Å². The second-order valence-electron chi connectivity index (χ2n) is 10.6. The molecule has 1 aromatic heterocycles. The molecule has 3 rings (SSSR count). The van der Waals surface area contributed by atoms with E-state index in [1.54, 1.807) is 47.6 Å². The molecule has 1 N–H and O–H groups in total. The minimum atomic E-state index is -3.80. The smallest absolute Gasteiger partial charge is 0.425 e. The Kier molecular flexibility index (Phi) is 6.79. The number of hydrogen-bond acceptors (Lipinski definition) is 7. The molecule has 2 aromatic rings. The van der Waals surface area contributed by atoms with E-state index >= 15 is 0 Å². The maximum atomic E-state index is 12.9. The number of aromatic nitrogens is 1. The van der Waals surface area contributed by atoms with E-state index in [0.717, 1.165) is 12.8 Å². The van der Waals surface area contributed by atoms with Crippen LogP contribution in [0.2, 0.25) is 0 Å². The van der Waals surface area contributed by atoms with E-state index in [0.29, 0.717) is 14.8 Å². The van der Waals surface area contributed by atoms with Gasteiger partial charge >= 0.3 is 12.2 Å². The average Bonchev–Trinajstić information content (AvgIpc) is 3.34. The summed E-state index contributed by atoms with van der Waals surface area (Å²) in [4.78, 5) is 31.0. The molecule has 1 aliphatic rings. The Hall–Kier alpha value is -2.24. The fourth-order valence-corrected chi connectivity index (χ4v) is 5.23. The number of carbonyl (C=O) groups excluding carboxylic acids is 2. The van der Waals surface area contributed by atoms with Crippen LogP contribution in [0, 0.1) is 0 Å². The van der Waals surface area contributed by atoms with Gasteiger partial charge in [-0.1, -0.05) is 15.9 Å². The molecule has 9 nitrogen and oxygen atoms in total. The van der Waals surface area contributed by atoms with Crippen LogP contribution in [0.15, 0.2) is 33.6 Å². The van der Waals surface area contributed by atoms with Crippen molar-refractivity contribution in [2.24, 2.45) is 0 Å². The van der Waals surface area contributed by atoms with Crippen LogP contribution in [0.25, 0.3) is 10.9 Å². The zero-order valence-electron chi connectivity index (χ0n) is 20.4. The number of carbonyl (C=O) groups is 2. The van der Waals surface area contributed by atoms with Gasteiger partial charge in [0.15, 0.2) is 0 Å². The molecule has 1 heterocycles. The molecule has 34 heavy (non-hydrogen) atoms. The van der Waals surface area contributed by atoms with Gasteiger partial charge in [0, 0.05) is 15.4 Å². The van der Waals surface area contributed by atoms with Crippen LogP contribution in [0.3, 0.4) is 0 Å². The van der Waals surface area contributed by atoms with Crippen molar-refractivity contribution in [2.75, 3.05) is 4.90 Å². The first-order valence-corrected chi connectivity index (χ1v) is 13.1. The summed E-state index contributed by atoms with van der Waals surface area (Å²) in [5.74, 6) is -0.0560. The lowest BCUT2D eigenvalue weighted by Gasteiger charge is -2.28. The van der Waals surface area contributed by atoms with E-state index in [-0.39, 0.29) is 16.2 Å². The van der Waals surface area contributed by atoms with Crippen molar-refractivity contribution < 1.29 is 27.5 Å². The second kappa shape index (κ2) is 8.76. The lowest BCUT2D eigenvalue weighted by molar-refractivity contribution is 0.0429. The summed E-state index contributed by atoms with van der Waals surface area (Å²) in [6.07, 6.45) is -0.381. The van der Waals surface area contributed by atoms with Crippen LogP contribution < -0.4 is 9.62 Å². The molecule has 0 saturated heterocycles. The van der Waals surface area contributed by atoms with Crippen LogP contribution in [-0.2, 0) is 19.5 Å². The van der Waals surface area contributed by atoms with Crippen LogP contribution in [-0.4, -0.2) is 42.3 Å². The number of ether oxygens (including phenoxy) is 2. The van der Waals surface area contributed by atoms with E-state index < -0.39 is 39.0 Å². The molecule has 2 amide bonds. The molecule has 0 radical (unpaired) electrons. The highest BCUT2D eigenvalue weighted by Gasteiger charge is 2.41.